The number of benzene rings is 3. The molecule has 0 fully saturated rings. The minimum absolute atomic E-state index is 0.0142. The fraction of sp³-hybridized carbons (Fsp3) is 0.0952. The van der Waals surface area contributed by atoms with Crippen molar-refractivity contribution in [1.82, 2.24) is 0 Å². The molecule has 0 saturated carbocycles. The van der Waals surface area contributed by atoms with E-state index in [0.29, 0.717) is 22.9 Å². The van der Waals surface area contributed by atoms with Crippen LogP contribution >= 0.6 is 43.5 Å². The number of halogens is 3. The molecule has 0 aliphatic rings. The van der Waals surface area contributed by atoms with Gasteiger partial charge in [-0.3, -0.25) is 10.1 Å². The van der Waals surface area contributed by atoms with Gasteiger partial charge in [-0.2, -0.15) is 0 Å². The zero-order valence-corrected chi connectivity index (χ0v) is 19.4. The second-order valence-electron chi connectivity index (χ2n) is 6.13. The molecule has 3 aromatic carbocycles. The number of hydrogen-bond acceptors (Lipinski definition) is 5. The number of ether oxygens (including phenoxy) is 1. The Morgan fingerprint density at radius 2 is 1.77 bits per heavy atom. The molecule has 0 unspecified atom stereocenters. The minimum atomic E-state index is -0.447. The molecule has 0 aliphatic carbocycles. The van der Waals surface area contributed by atoms with Crippen LogP contribution in [0.3, 0.4) is 0 Å². The summed E-state index contributed by atoms with van der Waals surface area (Å²) in [5.74, 6) is 0.643. The lowest BCUT2D eigenvalue weighted by Crippen LogP contribution is -1.98. The van der Waals surface area contributed by atoms with E-state index in [-0.39, 0.29) is 12.3 Å². The number of hydrogen-bond donors (Lipinski definition) is 0. The average Bonchev–Trinajstić information content (AvgIpc) is 2.72. The van der Waals surface area contributed by atoms with Crippen LogP contribution < -0.4 is 4.74 Å². The third-order valence-corrected chi connectivity index (χ3v) is 5.53. The highest BCUT2D eigenvalue weighted by molar-refractivity contribution is 9.11. The SMILES string of the molecule is O=[N+]([O-])c1cccc(CO/N=C\c2cc(Br)c(OCc3ccccc3Cl)c(Br)c2)c1. The molecule has 3 rings (SSSR count). The van der Waals surface area contributed by atoms with E-state index in [1.807, 2.05) is 36.4 Å². The minimum Gasteiger partial charge on any atom is -0.486 e. The molecule has 0 heterocycles. The lowest BCUT2D eigenvalue weighted by Gasteiger charge is -2.12. The van der Waals surface area contributed by atoms with Crippen LogP contribution in [0, 0.1) is 10.1 Å². The van der Waals surface area contributed by atoms with E-state index >= 15 is 0 Å². The van der Waals surface area contributed by atoms with Gasteiger partial charge in [0, 0.05) is 22.7 Å². The predicted octanol–water partition coefficient (Wildman–Crippen LogP) is 6.90. The van der Waals surface area contributed by atoms with E-state index in [1.165, 1.54) is 12.1 Å². The average molecular weight is 555 g/mol. The predicted molar refractivity (Wildman–Crippen MR) is 123 cm³/mol. The lowest BCUT2D eigenvalue weighted by atomic mass is 10.2. The van der Waals surface area contributed by atoms with E-state index in [4.69, 9.17) is 21.2 Å². The van der Waals surface area contributed by atoms with E-state index in [2.05, 4.69) is 37.0 Å². The molecular weight excluding hydrogens is 540 g/mol. The summed E-state index contributed by atoms with van der Waals surface area (Å²) < 4.78 is 7.37. The zero-order valence-electron chi connectivity index (χ0n) is 15.4. The van der Waals surface area contributed by atoms with E-state index in [9.17, 15) is 10.1 Å². The van der Waals surface area contributed by atoms with E-state index < -0.39 is 4.92 Å². The highest BCUT2D eigenvalue weighted by Gasteiger charge is 2.10. The molecule has 0 atom stereocenters. The van der Waals surface area contributed by atoms with Crippen LogP contribution in [0.2, 0.25) is 5.02 Å². The molecule has 30 heavy (non-hydrogen) atoms. The summed E-state index contributed by atoms with van der Waals surface area (Å²) in [5.41, 5.74) is 2.34. The fourth-order valence-corrected chi connectivity index (χ4v) is 4.17. The fourth-order valence-electron chi connectivity index (χ4n) is 2.53. The van der Waals surface area contributed by atoms with Gasteiger partial charge in [-0.1, -0.05) is 47.1 Å². The Bertz CT molecular complexity index is 1070. The quantitative estimate of drug-likeness (QED) is 0.172. The van der Waals surface area contributed by atoms with Gasteiger partial charge in [0.2, 0.25) is 0 Å². The summed E-state index contributed by atoms with van der Waals surface area (Å²) in [5, 5.41) is 15.4. The Morgan fingerprint density at radius 1 is 1.03 bits per heavy atom. The Hall–Kier alpha value is -2.42. The number of nitrogens with zero attached hydrogens (tertiary/aromatic N) is 2. The lowest BCUT2D eigenvalue weighted by molar-refractivity contribution is -0.384. The largest absolute Gasteiger partial charge is 0.486 e. The van der Waals surface area contributed by atoms with Crippen LogP contribution in [0.1, 0.15) is 16.7 Å². The van der Waals surface area contributed by atoms with Gasteiger partial charge in [-0.15, -0.1) is 0 Å². The van der Waals surface area contributed by atoms with Gasteiger partial charge in [0.05, 0.1) is 20.1 Å². The third-order valence-electron chi connectivity index (χ3n) is 3.98. The first-order chi connectivity index (χ1) is 14.4. The van der Waals surface area contributed by atoms with Crippen LogP contribution in [0.5, 0.6) is 5.75 Å². The Kier molecular flexibility index (Phi) is 7.84. The van der Waals surface area contributed by atoms with Crippen molar-refractivity contribution in [2.24, 2.45) is 5.16 Å². The first kappa shape index (κ1) is 22.3. The smallest absolute Gasteiger partial charge is 0.269 e. The summed E-state index contributed by atoms with van der Waals surface area (Å²) in [7, 11) is 0. The van der Waals surface area contributed by atoms with Crippen LogP contribution in [0.25, 0.3) is 0 Å². The van der Waals surface area contributed by atoms with E-state index in [0.717, 1.165) is 20.1 Å². The van der Waals surface area contributed by atoms with Gasteiger partial charge in [0.1, 0.15) is 19.0 Å². The van der Waals surface area contributed by atoms with Crippen molar-refractivity contribution in [1.29, 1.82) is 0 Å². The molecule has 154 valence electrons. The van der Waals surface area contributed by atoms with Crippen molar-refractivity contribution in [3.63, 3.8) is 0 Å². The molecule has 0 aromatic heterocycles. The van der Waals surface area contributed by atoms with Crippen molar-refractivity contribution in [3.05, 3.63) is 101 Å². The summed E-state index contributed by atoms with van der Waals surface area (Å²) in [6.07, 6.45) is 1.55. The molecule has 6 nitrogen and oxygen atoms in total. The van der Waals surface area contributed by atoms with Gasteiger partial charge in [0.25, 0.3) is 5.69 Å². The maximum Gasteiger partial charge on any atom is 0.269 e. The zero-order chi connectivity index (χ0) is 21.5. The number of nitro benzene ring substituents is 1. The number of oxime groups is 1. The monoisotopic (exact) mass is 552 g/mol. The first-order valence-electron chi connectivity index (χ1n) is 8.68. The van der Waals surface area contributed by atoms with Crippen LogP contribution in [0.15, 0.2) is 74.8 Å². The number of nitro groups is 1. The van der Waals surface area contributed by atoms with Crippen LogP contribution in [0.4, 0.5) is 5.69 Å². The number of rotatable bonds is 8. The number of non-ortho nitro benzene ring substituents is 1. The molecular formula is C21H15Br2ClN2O4. The molecule has 0 N–H and O–H groups in total. The second-order valence-corrected chi connectivity index (χ2v) is 8.24. The highest BCUT2D eigenvalue weighted by atomic mass is 79.9. The summed E-state index contributed by atoms with van der Waals surface area (Å²) in [4.78, 5) is 15.6. The second kappa shape index (κ2) is 10.6. The van der Waals surface area contributed by atoms with Crippen molar-refractivity contribution < 1.29 is 14.5 Å². The van der Waals surface area contributed by atoms with Gasteiger partial charge in [-0.05, 0) is 61.2 Å². The van der Waals surface area contributed by atoms with Crippen molar-refractivity contribution in [2.75, 3.05) is 0 Å². The summed E-state index contributed by atoms with van der Waals surface area (Å²) in [6.45, 7) is 0.455. The standard InChI is InChI=1S/C21H15Br2ClN2O4/c22-18-9-15(11-25-30-12-14-4-3-6-17(8-14)26(27)28)10-19(23)21(18)29-13-16-5-1-2-7-20(16)24/h1-11H,12-13H2/b25-11-. The highest BCUT2D eigenvalue weighted by Crippen LogP contribution is 2.35. The van der Waals surface area contributed by atoms with Gasteiger partial charge in [-0.25, -0.2) is 0 Å². The molecule has 9 heteroatoms. The molecule has 0 radical (unpaired) electrons. The third kappa shape index (κ3) is 6.04. The molecule has 0 bridgehead atoms. The summed E-state index contributed by atoms with van der Waals surface area (Å²) in [6, 6.07) is 17.4. The van der Waals surface area contributed by atoms with Gasteiger partial charge >= 0.3 is 0 Å². The Balaban J connectivity index is 1.61. The van der Waals surface area contributed by atoms with Gasteiger partial charge < -0.3 is 9.57 Å². The molecule has 0 saturated heterocycles. The first-order valence-corrected chi connectivity index (χ1v) is 10.6. The van der Waals surface area contributed by atoms with Crippen molar-refractivity contribution in [2.45, 2.75) is 13.2 Å². The topological polar surface area (TPSA) is 74.0 Å². The Labute approximate surface area is 194 Å². The van der Waals surface area contributed by atoms with Crippen molar-refractivity contribution >= 4 is 55.4 Å². The summed E-state index contributed by atoms with van der Waals surface area (Å²) >= 11 is 13.2. The Morgan fingerprint density at radius 3 is 2.47 bits per heavy atom. The molecule has 0 amide bonds. The van der Waals surface area contributed by atoms with Gasteiger partial charge in [0.15, 0.2) is 0 Å². The normalized spacial score (nSPS) is 10.9. The maximum atomic E-state index is 10.8. The van der Waals surface area contributed by atoms with E-state index in [1.54, 1.807) is 18.3 Å². The molecule has 3 aromatic rings. The van der Waals surface area contributed by atoms with Crippen LogP contribution in [-0.2, 0) is 18.1 Å². The molecule has 0 aliphatic heterocycles. The maximum absolute atomic E-state index is 10.8. The van der Waals surface area contributed by atoms with Crippen molar-refractivity contribution in [3.8, 4) is 5.75 Å². The van der Waals surface area contributed by atoms with Crippen LogP contribution in [-0.4, -0.2) is 11.1 Å². The molecule has 0 spiro atoms.